The molecule has 1 atom stereocenters. The van der Waals surface area contributed by atoms with Crippen molar-refractivity contribution in [1.82, 2.24) is 15.0 Å². The second-order valence-electron chi connectivity index (χ2n) is 7.51. The van der Waals surface area contributed by atoms with Crippen molar-refractivity contribution in [2.45, 2.75) is 37.5 Å². The highest BCUT2D eigenvalue weighted by Crippen LogP contribution is 2.32. The maximum atomic E-state index is 8.48. The predicted octanol–water partition coefficient (Wildman–Crippen LogP) is 4.53. The van der Waals surface area contributed by atoms with Crippen molar-refractivity contribution in [3.05, 3.63) is 54.5 Å². The van der Waals surface area contributed by atoms with E-state index in [-0.39, 0.29) is 10.7 Å². The van der Waals surface area contributed by atoms with E-state index in [0.717, 1.165) is 28.4 Å². The van der Waals surface area contributed by atoms with Crippen molar-refractivity contribution in [3.8, 4) is 0 Å². The van der Waals surface area contributed by atoms with E-state index in [9.17, 15) is 0 Å². The summed E-state index contributed by atoms with van der Waals surface area (Å²) in [5, 5.41) is 1.10. The van der Waals surface area contributed by atoms with E-state index in [0.29, 0.717) is 12.0 Å². The summed E-state index contributed by atoms with van der Waals surface area (Å²) in [7, 11) is 1.88. The molecule has 0 bridgehead atoms. The van der Waals surface area contributed by atoms with Crippen LogP contribution in [0.3, 0.4) is 0 Å². The first-order valence-electron chi connectivity index (χ1n) is 9.64. The monoisotopic (exact) mass is 381 g/mol. The average molecular weight is 382 g/mol. The highest BCUT2D eigenvalue weighted by Gasteiger charge is 2.26. The number of nitrogens with zero attached hydrogens (tertiary/aromatic N) is 3. The van der Waals surface area contributed by atoms with Crippen LogP contribution in [0.5, 0.6) is 0 Å². The summed E-state index contributed by atoms with van der Waals surface area (Å²) in [5.41, 5.74) is 2.20. The Morgan fingerprint density at radius 2 is 1.89 bits per heavy atom. The third kappa shape index (κ3) is 4.21. The third-order valence-corrected chi connectivity index (χ3v) is 7.21. The maximum absolute atomic E-state index is 8.48. The zero-order chi connectivity index (χ0) is 18.6. The fraction of sp³-hybridized carbons (Fsp3) is 0.429. The lowest BCUT2D eigenvalue weighted by atomic mass is 9.86. The Labute approximate surface area is 163 Å². The number of hydrogen-bond acceptors (Lipinski definition) is 4. The Morgan fingerprint density at radius 1 is 1.11 bits per heavy atom. The van der Waals surface area contributed by atoms with Crippen molar-refractivity contribution in [3.63, 3.8) is 0 Å². The Morgan fingerprint density at radius 3 is 2.67 bits per heavy atom. The van der Waals surface area contributed by atoms with Crippen molar-refractivity contribution in [2.24, 2.45) is 5.92 Å². The molecular formula is C21H27N5S. The summed E-state index contributed by atoms with van der Waals surface area (Å²) in [6.07, 6.45) is 8.36. The van der Waals surface area contributed by atoms with Crippen LogP contribution in [0.25, 0.3) is 11.0 Å². The van der Waals surface area contributed by atoms with Gasteiger partial charge in [-0.05, 0) is 43.2 Å². The first-order valence-corrected chi connectivity index (χ1v) is 11.2. The van der Waals surface area contributed by atoms with Gasteiger partial charge in [0.25, 0.3) is 0 Å². The predicted molar refractivity (Wildman–Crippen MR) is 113 cm³/mol. The number of fused-ring (bicyclic) bond motifs is 1. The highest BCUT2D eigenvalue weighted by atomic mass is 32.2. The maximum Gasteiger partial charge on any atom is 0.142 e. The lowest BCUT2D eigenvalue weighted by Crippen LogP contribution is -2.36. The number of aromatic amines is 1. The van der Waals surface area contributed by atoms with E-state index in [2.05, 4.69) is 57.2 Å². The van der Waals surface area contributed by atoms with E-state index < -0.39 is 0 Å². The molecule has 1 fully saturated rings. The Balaban J connectivity index is 1.32. The fourth-order valence-electron chi connectivity index (χ4n) is 4.13. The number of nitrogens with one attached hydrogen (secondary N) is 2. The fourth-order valence-corrected chi connectivity index (χ4v) is 5.75. The van der Waals surface area contributed by atoms with Crippen molar-refractivity contribution >= 4 is 27.5 Å². The lowest BCUT2D eigenvalue weighted by Gasteiger charge is -2.35. The SMILES string of the molecule is CN(c1ncnc2[nH]ccc12)[C@H]1CC[C@H](CS(=N)Cc2ccccc2)CC1. The van der Waals surface area contributed by atoms with Gasteiger partial charge >= 0.3 is 0 Å². The molecule has 27 heavy (non-hydrogen) atoms. The Hall–Kier alpha value is -2.21. The van der Waals surface area contributed by atoms with Crippen LogP contribution in [0.2, 0.25) is 0 Å². The summed E-state index contributed by atoms with van der Waals surface area (Å²) in [6.45, 7) is 0. The minimum atomic E-state index is -0.278. The first kappa shape index (κ1) is 18.2. The Kier molecular flexibility index (Phi) is 5.53. The standard InChI is InChI=1S/C21H27N5S/c1-26(21-19-11-12-23-20(19)24-15-25-21)18-9-7-17(8-10-18)14-27(22)13-16-5-3-2-4-6-16/h2-6,11-12,15,17-18,22H,7-10,13-14H2,1H3,(H,23,24,25)/t17-,18-,27?. The molecule has 0 spiro atoms. The molecule has 6 heteroatoms. The number of benzene rings is 1. The number of anilines is 1. The van der Waals surface area contributed by atoms with Crippen LogP contribution in [-0.2, 0) is 16.4 Å². The topological polar surface area (TPSA) is 68.7 Å². The van der Waals surface area contributed by atoms with Gasteiger partial charge in [-0.25, -0.2) is 9.97 Å². The van der Waals surface area contributed by atoms with E-state index in [4.69, 9.17) is 4.78 Å². The average Bonchev–Trinajstić information content (AvgIpc) is 3.17. The van der Waals surface area contributed by atoms with E-state index >= 15 is 0 Å². The minimum Gasteiger partial charge on any atom is -0.356 e. The summed E-state index contributed by atoms with van der Waals surface area (Å²) in [4.78, 5) is 14.3. The van der Waals surface area contributed by atoms with E-state index in [1.54, 1.807) is 6.33 Å². The van der Waals surface area contributed by atoms with Gasteiger partial charge in [-0.2, -0.15) is 0 Å². The number of aromatic nitrogens is 3. The molecule has 4 rings (SSSR count). The summed E-state index contributed by atoms with van der Waals surface area (Å²) >= 11 is 0. The lowest BCUT2D eigenvalue weighted by molar-refractivity contribution is 0.344. The van der Waals surface area contributed by atoms with Crippen molar-refractivity contribution in [1.29, 1.82) is 4.78 Å². The van der Waals surface area contributed by atoms with Crippen molar-refractivity contribution in [2.75, 3.05) is 17.7 Å². The molecule has 1 aliphatic carbocycles. The van der Waals surface area contributed by atoms with Gasteiger partial charge in [-0.3, -0.25) is 4.78 Å². The van der Waals surface area contributed by atoms with Gasteiger partial charge in [0.2, 0.25) is 0 Å². The van der Waals surface area contributed by atoms with Gasteiger partial charge < -0.3 is 9.88 Å². The van der Waals surface area contributed by atoms with Crippen LogP contribution in [0.4, 0.5) is 5.82 Å². The molecule has 0 radical (unpaired) electrons. The van der Waals surface area contributed by atoms with Crippen molar-refractivity contribution < 1.29 is 0 Å². The minimum absolute atomic E-state index is 0.278. The van der Waals surface area contributed by atoms with Crippen LogP contribution in [0.15, 0.2) is 48.9 Å². The molecule has 1 aliphatic rings. The van der Waals surface area contributed by atoms with Gasteiger partial charge in [0.1, 0.15) is 17.8 Å². The second kappa shape index (κ2) is 8.21. The van der Waals surface area contributed by atoms with Gasteiger partial charge in [-0.15, -0.1) is 0 Å². The highest BCUT2D eigenvalue weighted by molar-refractivity contribution is 7.85. The quantitative estimate of drug-likeness (QED) is 0.659. The number of hydrogen-bond donors (Lipinski definition) is 2. The van der Waals surface area contributed by atoms with Crippen LogP contribution >= 0.6 is 0 Å². The number of rotatable bonds is 6. The first-order chi connectivity index (χ1) is 13.2. The molecule has 0 amide bonds. The third-order valence-electron chi connectivity index (χ3n) is 5.65. The molecule has 2 heterocycles. The van der Waals surface area contributed by atoms with Crippen LogP contribution in [0, 0.1) is 10.7 Å². The number of H-pyrrole nitrogens is 1. The van der Waals surface area contributed by atoms with Crippen LogP contribution in [-0.4, -0.2) is 33.8 Å². The molecule has 142 valence electrons. The molecule has 2 N–H and O–H groups in total. The zero-order valence-electron chi connectivity index (χ0n) is 15.8. The second-order valence-corrected chi connectivity index (χ2v) is 9.12. The molecule has 1 saturated carbocycles. The summed E-state index contributed by atoms with van der Waals surface area (Å²) < 4.78 is 8.48. The molecule has 1 unspecified atom stereocenters. The normalized spacial score (nSPS) is 21.2. The molecule has 3 aromatic rings. The smallest absolute Gasteiger partial charge is 0.142 e. The summed E-state index contributed by atoms with van der Waals surface area (Å²) in [5.74, 6) is 3.65. The summed E-state index contributed by atoms with van der Waals surface area (Å²) in [6, 6.07) is 13.1. The molecule has 1 aromatic carbocycles. The molecule has 0 aliphatic heterocycles. The van der Waals surface area contributed by atoms with Gasteiger partial charge in [0.05, 0.1) is 5.39 Å². The molecule has 5 nitrogen and oxygen atoms in total. The largest absolute Gasteiger partial charge is 0.356 e. The van der Waals surface area contributed by atoms with Crippen LogP contribution in [0.1, 0.15) is 31.2 Å². The van der Waals surface area contributed by atoms with Gasteiger partial charge in [0, 0.05) is 30.8 Å². The molecular weight excluding hydrogens is 354 g/mol. The molecule has 2 aromatic heterocycles. The van der Waals surface area contributed by atoms with Gasteiger partial charge in [0.15, 0.2) is 0 Å². The van der Waals surface area contributed by atoms with Crippen LogP contribution < -0.4 is 4.90 Å². The van der Waals surface area contributed by atoms with E-state index in [1.807, 2.05) is 12.3 Å². The Bertz CT molecular complexity index is 899. The zero-order valence-corrected chi connectivity index (χ0v) is 16.6. The molecule has 0 saturated heterocycles. The van der Waals surface area contributed by atoms with Gasteiger partial charge in [-0.1, -0.05) is 41.0 Å². The van der Waals surface area contributed by atoms with E-state index in [1.165, 1.54) is 31.2 Å².